The molecule has 0 unspecified atom stereocenters. The van der Waals surface area contributed by atoms with Crippen LogP contribution in [0.1, 0.15) is 0 Å². The summed E-state index contributed by atoms with van der Waals surface area (Å²) in [7, 11) is 0. The molecule has 8 heteroatoms. The zero-order valence-corrected chi connectivity index (χ0v) is 11.1. The summed E-state index contributed by atoms with van der Waals surface area (Å²) in [5, 5.41) is 0. The molecule has 0 saturated carbocycles. The molecule has 0 amide bonds. The standard InChI is InChI=1S/C6H2BrF3.C6H4F3N/c2*7-3-1-5(9)6(10)2-4(3)8/h1-2H;1-2H,10H2. The van der Waals surface area contributed by atoms with Gasteiger partial charge >= 0.3 is 0 Å². The monoisotopic (exact) mass is 357 g/mol. The molecule has 0 aliphatic rings. The summed E-state index contributed by atoms with van der Waals surface area (Å²) in [6, 6.07) is 2.24. The van der Waals surface area contributed by atoms with Crippen LogP contribution in [0.3, 0.4) is 0 Å². The van der Waals surface area contributed by atoms with Crippen molar-refractivity contribution in [3.05, 3.63) is 63.6 Å². The molecular formula is C12H6BrF6N. The third-order valence-corrected chi connectivity index (χ3v) is 2.61. The maximum atomic E-state index is 12.3. The summed E-state index contributed by atoms with van der Waals surface area (Å²) in [5.74, 6) is -6.36. The Kier molecular flexibility index (Phi) is 5.43. The predicted octanol–water partition coefficient (Wildman–Crippen LogP) is 4.55. The molecule has 1 nitrogen and oxygen atoms in total. The highest BCUT2D eigenvalue weighted by atomic mass is 79.9. The van der Waals surface area contributed by atoms with E-state index in [0.717, 1.165) is 6.07 Å². The van der Waals surface area contributed by atoms with Crippen LogP contribution in [0, 0.1) is 34.9 Å². The van der Waals surface area contributed by atoms with Crippen molar-refractivity contribution < 1.29 is 26.3 Å². The molecule has 0 atom stereocenters. The number of halogens is 7. The molecule has 2 aromatic rings. The third kappa shape index (κ3) is 4.16. The van der Waals surface area contributed by atoms with Gasteiger partial charge in [-0.25, -0.2) is 26.3 Å². The van der Waals surface area contributed by atoms with Crippen molar-refractivity contribution in [2.75, 3.05) is 5.73 Å². The molecule has 0 heterocycles. The van der Waals surface area contributed by atoms with E-state index < -0.39 is 34.9 Å². The summed E-state index contributed by atoms with van der Waals surface area (Å²) < 4.78 is 73.0. The molecule has 2 N–H and O–H groups in total. The second-order valence-electron chi connectivity index (χ2n) is 3.47. The fourth-order valence-electron chi connectivity index (χ4n) is 1.04. The molecule has 2 aromatic carbocycles. The first kappa shape index (κ1) is 16.4. The lowest BCUT2D eigenvalue weighted by Gasteiger charge is -1.95. The van der Waals surface area contributed by atoms with Crippen molar-refractivity contribution in [3.8, 4) is 0 Å². The molecule has 0 saturated heterocycles. The van der Waals surface area contributed by atoms with Crippen molar-refractivity contribution in [2.45, 2.75) is 0 Å². The van der Waals surface area contributed by atoms with Crippen molar-refractivity contribution in [1.29, 1.82) is 0 Å². The Morgan fingerprint density at radius 2 is 1.00 bits per heavy atom. The molecule has 2 rings (SSSR count). The highest BCUT2D eigenvalue weighted by Crippen LogP contribution is 2.18. The van der Waals surface area contributed by atoms with E-state index in [0.29, 0.717) is 18.2 Å². The molecule has 0 bridgehead atoms. The molecule has 0 spiro atoms. The Morgan fingerprint density at radius 1 is 0.600 bits per heavy atom. The van der Waals surface area contributed by atoms with Gasteiger partial charge in [-0.1, -0.05) is 0 Å². The SMILES string of the molecule is Fc1cc(F)c(Br)cc1F.Nc1cc(F)c(F)cc1F. The Bertz CT molecular complexity index is 476. The Balaban J connectivity index is 0.000000200. The summed E-state index contributed by atoms with van der Waals surface area (Å²) >= 11 is 2.70. The predicted molar refractivity (Wildman–Crippen MR) is 64.7 cm³/mol. The van der Waals surface area contributed by atoms with E-state index in [1.807, 2.05) is 0 Å². The Morgan fingerprint density at radius 3 is 1.45 bits per heavy atom. The van der Waals surface area contributed by atoms with E-state index >= 15 is 0 Å². The maximum absolute atomic E-state index is 12.3. The fraction of sp³-hybridized carbons (Fsp3) is 0. The summed E-state index contributed by atoms with van der Waals surface area (Å²) in [6.45, 7) is 0. The Labute approximate surface area is 118 Å². The van der Waals surface area contributed by atoms with Crippen molar-refractivity contribution in [1.82, 2.24) is 0 Å². The number of nitrogens with two attached hydrogens (primary N) is 1. The lowest BCUT2D eigenvalue weighted by atomic mass is 10.3. The summed E-state index contributed by atoms with van der Waals surface area (Å²) in [4.78, 5) is 0. The number of rotatable bonds is 0. The van der Waals surface area contributed by atoms with Crippen LogP contribution in [0.25, 0.3) is 0 Å². The van der Waals surface area contributed by atoms with Gasteiger partial charge in [0.2, 0.25) is 0 Å². The van der Waals surface area contributed by atoms with Crippen LogP contribution in [-0.4, -0.2) is 0 Å². The van der Waals surface area contributed by atoms with Gasteiger partial charge < -0.3 is 5.73 Å². The van der Waals surface area contributed by atoms with Gasteiger partial charge in [0.15, 0.2) is 23.3 Å². The van der Waals surface area contributed by atoms with Gasteiger partial charge in [-0.15, -0.1) is 0 Å². The first-order chi connectivity index (χ1) is 9.22. The van der Waals surface area contributed by atoms with Crippen LogP contribution >= 0.6 is 15.9 Å². The van der Waals surface area contributed by atoms with E-state index in [1.54, 1.807) is 0 Å². The van der Waals surface area contributed by atoms with Gasteiger partial charge in [-0.3, -0.25) is 0 Å². The molecular weight excluding hydrogens is 352 g/mol. The molecule has 0 radical (unpaired) electrons. The van der Waals surface area contributed by atoms with E-state index in [-0.39, 0.29) is 10.2 Å². The number of anilines is 1. The van der Waals surface area contributed by atoms with Crippen LogP contribution in [-0.2, 0) is 0 Å². The normalized spacial score (nSPS) is 9.95. The van der Waals surface area contributed by atoms with E-state index in [9.17, 15) is 26.3 Å². The minimum atomic E-state index is -1.23. The largest absolute Gasteiger partial charge is 0.396 e. The average Bonchev–Trinajstić information content (AvgIpc) is 2.35. The maximum Gasteiger partial charge on any atom is 0.161 e. The zero-order valence-electron chi connectivity index (χ0n) is 9.53. The second-order valence-corrected chi connectivity index (χ2v) is 4.32. The number of hydrogen-bond acceptors (Lipinski definition) is 1. The molecule has 0 aliphatic carbocycles. The van der Waals surface area contributed by atoms with Crippen molar-refractivity contribution in [3.63, 3.8) is 0 Å². The smallest absolute Gasteiger partial charge is 0.161 e. The van der Waals surface area contributed by atoms with Gasteiger partial charge in [0.25, 0.3) is 0 Å². The molecule has 0 aromatic heterocycles. The van der Waals surface area contributed by atoms with Gasteiger partial charge in [0.05, 0.1) is 10.2 Å². The lowest BCUT2D eigenvalue weighted by Crippen LogP contribution is -1.94. The second kappa shape index (κ2) is 6.65. The van der Waals surface area contributed by atoms with Crippen LogP contribution in [0.15, 0.2) is 28.7 Å². The first-order valence-electron chi connectivity index (χ1n) is 4.92. The van der Waals surface area contributed by atoms with Crippen molar-refractivity contribution in [2.24, 2.45) is 0 Å². The minimum Gasteiger partial charge on any atom is -0.396 e. The van der Waals surface area contributed by atoms with E-state index in [2.05, 4.69) is 15.9 Å². The van der Waals surface area contributed by atoms with Gasteiger partial charge in [0.1, 0.15) is 11.6 Å². The zero-order chi connectivity index (χ0) is 15.4. The number of hydrogen-bond donors (Lipinski definition) is 1. The van der Waals surface area contributed by atoms with Crippen LogP contribution in [0.2, 0.25) is 0 Å². The first-order valence-corrected chi connectivity index (χ1v) is 5.71. The average molecular weight is 358 g/mol. The van der Waals surface area contributed by atoms with Gasteiger partial charge in [0, 0.05) is 18.2 Å². The molecule has 108 valence electrons. The van der Waals surface area contributed by atoms with Crippen molar-refractivity contribution >= 4 is 21.6 Å². The van der Waals surface area contributed by atoms with Crippen LogP contribution < -0.4 is 5.73 Å². The Hall–Kier alpha value is -1.70. The van der Waals surface area contributed by atoms with E-state index in [4.69, 9.17) is 5.73 Å². The van der Waals surface area contributed by atoms with Crippen LogP contribution in [0.4, 0.5) is 32.0 Å². The molecule has 0 aliphatic heterocycles. The van der Waals surface area contributed by atoms with Gasteiger partial charge in [-0.05, 0) is 22.0 Å². The van der Waals surface area contributed by atoms with E-state index in [1.165, 1.54) is 0 Å². The fourth-order valence-corrected chi connectivity index (χ4v) is 1.35. The van der Waals surface area contributed by atoms with Gasteiger partial charge in [-0.2, -0.15) is 0 Å². The molecule has 20 heavy (non-hydrogen) atoms. The third-order valence-electron chi connectivity index (χ3n) is 2.00. The lowest BCUT2D eigenvalue weighted by molar-refractivity contribution is 0.492. The highest BCUT2D eigenvalue weighted by molar-refractivity contribution is 9.10. The number of nitrogen functional groups attached to an aromatic ring is 1. The van der Waals surface area contributed by atoms with Crippen LogP contribution in [0.5, 0.6) is 0 Å². The quantitative estimate of drug-likeness (QED) is 0.417. The topological polar surface area (TPSA) is 26.0 Å². The number of benzene rings is 2. The summed E-state index contributed by atoms with van der Waals surface area (Å²) in [6.07, 6.45) is 0. The molecule has 0 fully saturated rings. The summed E-state index contributed by atoms with van der Waals surface area (Å²) in [5.41, 5.74) is 4.52. The minimum absolute atomic E-state index is 0.0774. The highest BCUT2D eigenvalue weighted by Gasteiger charge is 2.06.